The number of hydrogen-bond donors (Lipinski definition) is 1. The summed E-state index contributed by atoms with van der Waals surface area (Å²) < 4.78 is 0. The van der Waals surface area contributed by atoms with Crippen molar-refractivity contribution in [2.45, 2.75) is 45.1 Å². The predicted octanol–water partition coefficient (Wildman–Crippen LogP) is 1.08. The lowest BCUT2D eigenvalue weighted by atomic mass is 9.73. The highest BCUT2D eigenvalue weighted by Gasteiger charge is 2.54. The SMILES string of the molecule is CC(=O)CN1C(=O)N[C@@]2(CCCC[C@H]2C)C1=O. The lowest BCUT2D eigenvalue weighted by Crippen LogP contribution is -2.54. The van der Waals surface area contributed by atoms with E-state index in [1.807, 2.05) is 6.92 Å². The maximum absolute atomic E-state index is 12.3. The second-order valence-electron chi connectivity index (χ2n) is 5.14. The first-order valence-corrected chi connectivity index (χ1v) is 6.11. The van der Waals surface area contributed by atoms with Gasteiger partial charge in [-0.2, -0.15) is 0 Å². The largest absolute Gasteiger partial charge is 0.325 e. The van der Waals surface area contributed by atoms with E-state index in [0.717, 1.165) is 24.2 Å². The van der Waals surface area contributed by atoms with Crippen LogP contribution in [-0.4, -0.2) is 34.7 Å². The molecule has 1 saturated carbocycles. The minimum absolute atomic E-state index is 0.112. The molecule has 5 heteroatoms. The van der Waals surface area contributed by atoms with Gasteiger partial charge >= 0.3 is 6.03 Å². The molecular weight excluding hydrogens is 220 g/mol. The van der Waals surface area contributed by atoms with Crippen LogP contribution in [0.15, 0.2) is 0 Å². The first-order chi connectivity index (χ1) is 7.97. The number of Topliss-reactive ketones (excluding diaryl/α,β-unsaturated/α-hetero) is 1. The molecule has 2 atom stereocenters. The second-order valence-corrected chi connectivity index (χ2v) is 5.14. The summed E-state index contributed by atoms with van der Waals surface area (Å²) in [5, 5.41) is 2.81. The van der Waals surface area contributed by atoms with Crippen molar-refractivity contribution in [3.8, 4) is 0 Å². The summed E-state index contributed by atoms with van der Waals surface area (Å²) >= 11 is 0. The highest BCUT2D eigenvalue weighted by atomic mass is 16.2. The first-order valence-electron chi connectivity index (χ1n) is 6.11. The van der Waals surface area contributed by atoms with Crippen molar-refractivity contribution in [1.29, 1.82) is 0 Å². The van der Waals surface area contributed by atoms with E-state index in [9.17, 15) is 14.4 Å². The number of urea groups is 1. The molecule has 1 heterocycles. The number of amides is 3. The molecule has 0 aromatic rings. The zero-order valence-electron chi connectivity index (χ0n) is 10.3. The van der Waals surface area contributed by atoms with Gasteiger partial charge < -0.3 is 5.32 Å². The van der Waals surface area contributed by atoms with Gasteiger partial charge in [0, 0.05) is 0 Å². The maximum atomic E-state index is 12.3. The van der Waals surface area contributed by atoms with E-state index in [0.29, 0.717) is 6.42 Å². The van der Waals surface area contributed by atoms with Crippen molar-refractivity contribution >= 4 is 17.7 Å². The van der Waals surface area contributed by atoms with Gasteiger partial charge in [-0.3, -0.25) is 14.5 Å². The average molecular weight is 238 g/mol. The standard InChI is InChI=1S/C12H18N2O3/c1-8-5-3-4-6-12(8)10(16)14(7-9(2)15)11(17)13-12/h8H,3-7H2,1-2H3,(H,13,17)/t8-,12-/m1/s1. The van der Waals surface area contributed by atoms with Gasteiger partial charge in [-0.1, -0.05) is 19.8 Å². The lowest BCUT2D eigenvalue weighted by Gasteiger charge is -2.36. The summed E-state index contributed by atoms with van der Waals surface area (Å²) in [7, 11) is 0. The maximum Gasteiger partial charge on any atom is 0.325 e. The van der Waals surface area contributed by atoms with Crippen LogP contribution >= 0.6 is 0 Å². The quantitative estimate of drug-likeness (QED) is 0.732. The number of imide groups is 1. The van der Waals surface area contributed by atoms with Crippen LogP contribution in [0.1, 0.15) is 39.5 Å². The van der Waals surface area contributed by atoms with Crippen molar-refractivity contribution in [1.82, 2.24) is 10.2 Å². The molecule has 2 fully saturated rings. The van der Waals surface area contributed by atoms with Crippen molar-refractivity contribution in [2.75, 3.05) is 6.54 Å². The van der Waals surface area contributed by atoms with Gasteiger partial charge in [-0.15, -0.1) is 0 Å². The molecule has 5 nitrogen and oxygen atoms in total. The summed E-state index contributed by atoms with van der Waals surface area (Å²) in [5.74, 6) is -0.247. The Morgan fingerprint density at radius 2 is 2.18 bits per heavy atom. The molecule has 1 N–H and O–H groups in total. The molecule has 0 unspecified atom stereocenters. The highest BCUT2D eigenvalue weighted by Crippen LogP contribution is 2.37. The van der Waals surface area contributed by atoms with Crippen LogP contribution in [0, 0.1) is 5.92 Å². The van der Waals surface area contributed by atoms with Crippen LogP contribution in [0.5, 0.6) is 0 Å². The van der Waals surface area contributed by atoms with Crippen LogP contribution in [0.25, 0.3) is 0 Å². The number of hydrogen-bond acceptors (Lipinski definition) is 3. The number of ketones is 1. The Hall–Kier alpha value is -1.39. The van der Waals surface area contributed by atoms with Gasteiger partial charge in [0.05, 0.1) is 6.54 Å². The van der Waals surface area contributed by atoms with Crippen LogP contribution in [0.3, 0.4) is 0 Å². The molecule has 2 rings (SSSR count). The summed E-state index contributed by atoms with van der Waals surface area (Å²) in [6, 6.07) is -0.418. The van der Waals surface area contributed by atoms with Crippen LogP contribution < -0.4 is 5.32 Å². The number of nitrogens with zero attached hydrogens (tertiary/aromatic N) is 1. The van der Waals surface area contributed by atoms with E-state index >= 15 is 0 Å². The minimum atomic E-state index is -0.745. The van der Waals surface area contributed by atoms with E-state index in [4.69, 9.17) is 0 Å². The Bertz CT molecular complexity index is 380. The zero-order chi connectivity index (χ0) is 12.6. The van der Waals surface area contributed by atoms with Crippen molar-refractivity contribution in [3.63, 3.8) is 0 Å². The molecule has 1 spiro atoms. The number of rotatable bonds is 2. The Morgan fingerprint density at radius 1 is 1.47 bits per heavy atom. The van der Waals surface area contributed by atoms with Gasteiger partial charge in [0.25, 0.3) is 5.91 Å². The fourth-order valence-corrected chi connectivity index (χ4v) is 2.86. The molecule has 2 aliphatic rings. The summed E-state index contributed by atoms with van der Waals surface area (Å²) in [4.78, 5) is 36.2. The van der Waals surface area contributed by atoms with Crippen molar-refractivity contribution < 1.29 is 14.4 Å². The van der Waals surface area contributed by atoms with Crippen molar-refractivity contribution in [3.05, 3.63) is 0 Å². The Kier molecular flexibility index (Phi) is 2.93. The first kappa shape index (κ1) is 12.1. The number of carbonyl (C=O) groups is 3. The molecule has 3 amide bonds. The Morgan fingerprint density at radius 3 is 2.76 bits per heavy atom. The van der Waals surface area contributed by atoms with Crippen LogP contribution in [-0.2, 0) is 9.59 Å². The van der Waals surface area contributed by atoms with E-state index in [2.05, 4.69) is 5.32 Å². The third kappa shape index (κ3) is 1.83. The Labute approximate surface area is 101 Å². The highest BCUT2D eigenvalue weighted by molar-refractivity contribution is 6.09. The topological polar surface area (TPSA) is 66.5 Å². The monoisotopic (exact) mass is 238 g/mol. The number of nitrogens with one attached hydrogen (secondary N) is 1. The number of carbonyl (C=O) groups excluding carboxylic acids is 3. The molecule has 1 aliphatic heterocycles. The third-order valence-corrected chi connectivity index (χ3v) is 3.88. The lowest BCUT2D eigenvalue weighted by molar-refractivity contribution is -0.136. The molecule has 1 aliphatic carbocycles. The molecule has 0 bridgehead atoms. The fourth-order valence-electron chi connectivity index (χ4n) is 2.86. The predicted molar refractivity (Wildman–Crippen MR) is 61.3 cm³/mol. The average Bonchev–Trinajstić information content (AvgIpc) is 2.48. The normalized spacial score (nSPS) is 33.1. The Balaban J connectivity index is 2.24. The van der Waals surface area contributed by atoms with E-state index in [1.54, 1.807) is 0 Å². The van der Waals surface area contributed by atoms with Crippen molar-refractivity contribution in [2.24, 2.45) is 5.92 Å². The summed E-state index contributed by atoms with van der Waals surface area (Å²) in [5.41, 5.74) is -0.745. The molecule has 0 aromatic carbocycles. The zero-order valence-corrected chi connectivity index (χ0v) is 10.3. The molecule has 0 aromatic heterocycles. The van der Waals surface area contributed by atoms with Gasteiger partial charge in [0.1, 0.15) is 11.3 Å². The molecular formula is C12H18N2O3. The van der Waals surface area contributed by atoms with Gasteiger partial charge in [0.2, 0.25) is 0 Å². The summed E-state index contributed by atoms with van der Waals surface area (Å²) in [6.45, 7) is 3.27. The van der Waals surface area contributed by atoms with E-state index < -0.39 is 11.6 Å². The van der Waals surface area contributed by atoms with Gasteiger partial charge in [0.15, 0.2) is 0 Å². The minimum Gasteiger partial charge on any atom is -0.323 e. The third-order valence-electron chi connectivity index (χ3n) is 3.88. The van der Waals surface area contributed by atoms with E-state index in [1.165, 1.54) is 6.92 Å². The second kappa shape index (κ2) is 4.13. The molecule has 0 radical (unpaired) electrons. The molecule has 1 saturated heterocycles. The van der Waals surface area contributed by atoms with Gasteiger partial charge in [-0.25, -0.2) is 4.79 Å². The molecule has 94 valence electrons. The smallest absolute Gasteiger partial charge is 0.323 e. The summed E-state index contributed by atoms with van der Waals surface area (Å²) in [6.07, 6.45) is 3.68. The van der Waals surface area contributed by atoms with Crippen LogP contribution in [0.4, 0.5) is 4.79 Å². The van der Waals surface area contributed by atoms with Gasteiger partial charge in [-0.05, 0) is 25.7 Å². The van der Waals surface area contributed by atoms with Crippen LogP contribution in [0.2, 0.25) is 0 Å². The van der Waals surface area contributed by atoms with E-state index in [-0.39, 0.29) is 24.2 Å². The molecule has 17 heavy (non-hydrogen) atoms. The fraction of sp³-hybridized carbons (Fsp3) is 0.750.